The average molecular weight is 277 g/mol. The molecule has 90 valence electrons. The zero-order chi connectivity index (χ0) is 12.6. The van der Waals surface area contributed by atoms with Gasteiger partial charge in [-0.15, -0.1) is 13.2 Å². The maximum Gasteiger partial charge on any atom is 0.573 e. The number of hydrogen-bond donors (Lipinski definition) is 1. The van der Waals surface area contributed by atoms with Gasteiger partial charge in [0.15, 0.2) is 11.5 Å². The first-order valence-corrected chi connectivity index (χ1v) is 5.94. The minimum atomic E-state index is -4.97. The molecule has 9 heteroatoms. The Hall–Kier alpha value is -1.15. The van der Waals surface area contributed by atoms with Crippen LogP contribution >= 0.6 is 10.7 Å². The summed E-state index contributed by atoms with van der Waals surface area (Å²) in [6, 6.07) is 1.99. The third kappa shape index (κ3) is 3.46. The molecule has 1 aromatic rings. The number of phenols is 1. The highest BCUT2D eigenvalue weighted by atomic mass is 35.7. The Kier molecular flexibility index (Phi) is 3.25. The van der Waals surface area contributed by atoms with Crippen LogP contribution in [-0.2, 0) is 9.05 Å². The number of benzene rings is 1. The van der Waals surface area contributed by atoms with E-state index in [1.54, 1.807) is 0 Å². The van der Waals surface area contributed by atoms with Crippen molar-refractivity contribution in [1.29, 1.82) is 0 Å². The average Bonchev–Trinajstić information content (AvgIpc) is 2.04. The zero-order valence-corrected chi connectivity index (χ0v) is 8.90. The van der Waals surface area contributed by atoms with Gasteiger partial charge in [-0.25, -0.2) is 8.42 Å². The molecule has 1 rings (SSSR count). The molecule has 0 saturated heterocycles. The van der Waals surface area contributed by atoms with Crippen LogP contribution in [-0.4, -0.2) is 19.9 Å². The summed E-state index contributed by atoms with van der Waals surface area (Å²) in [5.41, 5.74) is 0. The third-order valence-corrected chi connectivity index (χ3v) is 2.79. The number of ether oxygens (including phenoxy) is 1. The Bertz CT molecular complexity index is 497. The van der Waals surface area contributed by atoms with E-state index in [0.29, 0.717) is 12.1 Å². The minimum absolute atomic E-state index is 0.527. The Morgan fingerprint density at radius 1 is 1.31 bits per heavy atom. The van der Waals surface area contributed by atoms with E-state index in [1.807, 2.05) is 0 Å². The first kappa shape index (κ1) is 12.9. The molecule has 0 aliphatic rings. The van der Waals surface area contributed by atoms with Gasteiger partial charge in [0.05, 0.1) is 4.90 Å². The van der Waals surface area contributed by atoms with Gasteiger partial charge in [0.25, 0.3) is 9.05 Å². The first-order chi connectivity index (χ1) is 7.09. The quantitative estimate of drug-likeness (QED) is 0.841. The van der Waals surface area contributed by atoms with Crippen molar-refractivity contribution in [1.82, 2.24) is 0 Å². The molecule has 16 heavy (non-hydrogen) atoms. The molecule has 0 radical (unpaired) electrons. The standard InChI is InChI=1S/C7H4ClF3O4S/c8-16(13,14)4-1-2-6(5(12)3-4)15-7(9,10)11/h1-3,12H. The molecule has 0 aliphatic carbocycles. The fourth-order valence-corrected chi connectivity index (χ4v) is 1.63. The van der Waals surface area contributed by atoms with E-state index < -0.39 is 31.8 Å². The summed E-state index contributed by atoms with van der Waals surface area (Å²) in [5, 5.41) is 9.07. The smallest absolute Gasteiger partial charge is 0.504 e. The monoisotopic (exact) mass is 276 g/mol. The molecular weight excluding hydrogens is 273 g/mol. The summed E-state index contributed by atoms with van der Waals surface area (Å²) in [4.78, 5) is -0.527. The summed E-state index contributed by atoms with van der Waals surface area (Å²) in [7, 11) is 0.804. The molecule has 0 aromatic heterocycles. The van der Waals surface area contributed by atoms with Gasteiger partial charge in [0, 0.05) is 16.7 Å². The largest absolute Gasteiger partial charge is 0.573 e. The summed E-state index contributed by atoms with van der Waals surface area (Å²) in [6.45, 7) is 0. The predicted molar refractivity (Wildman–Crippen MR) is 47.8 cm³/mol. The van der Waals surface area contributed by atoms with Crippen LogP contribution in [0.2, 0.25) is 0 Å². The van der Waals surface area contributed by atoms with E-state index in [2.05, 4.69) is 4.74 Å². The Morgan fingerprint density at radius 2 is 1.88 bits per heavy atom. The minimum Gasteiger partial charge on any atom is -0.504 e. The maximum absolute atomic E-state index is 11.8. The van der Waals surface area contributed by atoms with E-state index in [0.717, 1.165) is 6.07 Å². The summed E-state index contributed by atoms with van der Waals surface area (Å²) in [6.07, 6.45) is -4.97. The number of alkyl halides is 3. The number of phenolic OH excluding ortho intramolecular Hbond substituents is 1. The van der Waals surface area contributed by atoms with Crippen molar-refractivity contribution in [2.24, 2.45) is 0 Å². The van der Waals surface area contributed by atoms with Crippen LogP contribution in [0.1, 0.15) is 0 Å². The van der Waals surface area contributed by atoms with Gasteiger partial charge in [-0.1, -0.05) is 0 Å². The molecule has 0 spiro atoms. The SMILES string of the molecule is O=S(=O)(Cl)c1ccc(OC(F)(F)F)c(O)c1. The molecule has 4 nitrogen and oxygen atoms in total. The Balaban J connectivity index is 3.11. The second-order valence-electron chi connectivity index (χ2n) is 2.62. The molecule has 0 unspecified atom stereocenters. The van der Waals surface area contributed by atoms with Crippen LogP contribution in [0.25, 0.3) is 0 Å². The molecular formula is C7H4ClF3O4S. The summed E-state index contributed by atoms with van der Waals surface area (Å²) in [5.74, 6) is -1.88. The highest BCUT2D eigenvalue weighted by Crippen LogP contribution is 2.33. The van der Waals surface area contributed by atoms with Crippen molar-refractivity contribution in [3.63, 3.8) is 0 Å². The van der Waals surface area contributed by atoms with E-state index in [1.165, 1.54) is 0 Å². The Morgan fingerprint density at radius 3 is 2.25 bits per heavy atom. The molecule has 0 bridgehead atoms. The second kappa shape index (κ2) is 4.02. The number of aromatic hydroxyl groups is 1. The lowest BCUT2D eigenvalue weighted by atomic mass is 10.3. The van der Waals surface area contributed by atoms with Gasteiger partial charge in [-0.05, 0) is 12.1 Å². The van der Waals surface area contributed by atoms with Gasteiger partial charge in [0.2, 0.25) is 0 Å². The van der Waals surface area contributed by atoms with Gasteiger partial charge >= 0.3 is 6.36 Å². The molecule has 0 atom stereocenters. The lowest BCUT2D eigenvalue weighted by Gasteiger charge is -2.10. The number of hydrogen-bond acceptors (Lipinski definition) is 4. The molecule has 0 heterocycles. The van der Waals surface area contributed by atoms with Crippen LogP contribution in [0.4, 0.5) is 13.2 Å². The topological polar surface area (TPSA) is 63.6 Å². The molecule has 0 saturated carbocycles. The van der Waals surface area contributed by atoms with E-state index in [4.69, 9.17) is 15.8 Å². The second-order valence-corrected chi connectivity index (χ2v) is 5.18. The summed E-state index contributed by atoms with van der Waals surface area (Å²) < 4.78 is 60.3. The lowest BCUT2D eigenvalue weighted by Crippen LogP contribution is -2.17. The molecule has 1 aromatic carbocycles. The van der Waals surface area contributed by atoms with Gasteiger partial charge < -0.3 is 9.84 Å². The fraction of sp³-hybridized carbons (Fsp3) is 0.143. The van der Waals surface area contributed by atoms with Crippen molar-refractivity contribution in [3.05, 3.63) is 18.2 Å². The molecule has 0 fully saturated rings. The van der Waals surface area contributed by atoms with Crippen molar-refractivity contribution < 1.29 is 31.4 Å². The first-order valence-electron chi connectivity index (χ1n) is 3.63. The van der Waals surface area contributed by atoms with Crippen LogP contribution in [0.3, 0.4) is 0 Å². The highest BCUT2D eigenvalue weighted by molar-refractivity contribution is 8.13. The number of rotatable bonds is 2. The summed E-state index contributed by atoms with van der Waals surface area (Å²) >= 11 is 0. The molecule has 0 amide bonds. The molecule has 0 aliphatic heterocycles. The van der Waals surface area contributed by atoms with Gasteiger partial charge in [-0.2, -0.15) is 0 Å². The van der Waals surface area contributed by atoms with E-state index >= 15 is 0 Å². The zero-order valence-electron chi connectivity index (χ0n) is 7.32. The third-order valence-electron chi connectivity index (χ3n) is 1.44. The van der Waals surface area contributed by atoms with Crippen molar-refractivity contribution in [2.45, 2.75) is 11.3 Å². The van der Waals surface area contributed by atoms with E-state index in [-0.39, 0.29) is 0 Å². The van der Waals surface area contributed by atoms with Crippen LogP contribution in [0.5, 0.6) is 11.5 Å². The van der Waals surface area contributed by atoms with Crippen molar-refractivity contribution in [3.8, 4) is 11.5 Å². The molecule has 1 N–H and O–H groups in total. The van der Waals surface area contributed by atoms with Crippen LogP contribution in [0.15, 0.2) is 23.1 Å². The number of halogens is 4. The van der Waals surface area contributed by atoms with Crippen LogP contribution < -0.4 is 4.74 Å². The normalized spacial score (nSPS) is 12.5. The highest BCUT2D eigenvalue weighted by Gasteiger charge is 2.32. The maximum atomic E-state index is 11.8. The predicted octanol–water partition coefficient (Wildman–Crippen LogP) is 2.22. The lowest BCUT2D eigenvalue weighted by molar-refractivity contribution is -0.275. The van der Waals surface area contributed by atoms with Crippen molar-refractivity contribution >= 4 is 19.7 Å². The fourth-order valence-electron chi connectivity index (χ4n) is 0.860. The van der Waals surface area contributed by atoms with Gasteiger partial charge in [0.1, 0.15) is 0 Å². The van der Waals surface area contributed by atoms with Crippen LogP contribution in [0, 0.1) is 0 Å². The van der Waals surface area contributed by atoms with Crippen molar-refractivity contribution in [2.75, 3.05) is 0 Å². The van der Waals surface area contributed by atoms with E-state index in [9.17, 15) is 21.6 Å². The van der Waals surface area contributed by atoms with Gasteiger partial charge in [-0.3, -0.25) is 0 Å². The Labute approximate surface area is 92.6 Å².